The van der Waals surface area contributed by atoms with E-state index in [-0.39, 0.29) is 19.2 Å². The van der Waals surface area contributed by atoms with E-state index in [1.807, 2.05) is 0 Å². The summed E-state index contributed by atoms with van der Waals surface area (Å²) in [5.74, 6) is -2.18. The molecule has 1 atom stereocenters. The fourth-order valence-electron chi connectivity index (χ4n) is 1.70. The highest BCUT2D eigenvalue weighted by molar-refractivity contribution is 7.89. The Morgan fingerprint density at radius 1 is 1.56 bits per heavy atom. The molecule has 94 valence electrons. The molecule has 0 aromatic carbocycles. The molecule has 6 nitrogen and oxygen atoms in total. The number of likely N-dealkylation sites (N-methyl/N-ethyl adjacent to an activating group) is 1. The summed E-state index contributed by atoms with van der Waals surface area (Å²) in [6.45, 7) is 2.87. The molecule has 1 N–H and O–H groups in total. The molecule has 0 aromatic rings. The molecule has 1 heterocycles. The zero-order valence-corrected chi connectivity index (χ0v) is 10.1. The van der Waals surface area contributed by atoms with Crippen LogP contribution >= 0.6 is 0 Å². The third-order valence-electron chi connectivity index (χ3n) is 2.48. The molecule has 1 unspecified atom stereocenters. The van der Waals surface area contributed by atoms with E-state index < -0.39 is 21.7 Å². The maximum absolute atomic E-state index is 11.6. The summed E-state index contributed by atoms with van der Waals surface area (Å²) in [7, 11) is -3.71. The van der Waals surface area contributed by atoms with E-state index >= 15 is 0 Å². The predicted molar refractivity (Wildman–Crippen MR) is 57.6 cm³/mol. The van der Waals surface area contributed by atoms with Crippen LogP contribution in [0.4, 0.5) is 0 Å². The number of nitrogens with zero attached hydrogens (tertiary/aromatic N) is 1. The number of hydrogen-bond acceptors (Lipinski definition) is 4. The molecule has 1 aliphatic rings. The molecule has 0 spiro atoms. The third kappa shape index (κ3) is 3.73. The van der Waals surface area contributed by atoms with Crippen LogP contribution in [-0.2, 0) is 19.6 Å². The Kier molecular flexibility index (Phi) is 4.69. The Bertz CT molecular complexity index is 334. The van der Waals surface area contributed by atoms with E-state index in [4.69, 9.17) is 9.84 Å². The molecule has 7 heteroatoms. The second-order valence-corrected chi connectivity index (χ2v) is 5.70. The van der Waals surface area contributed by atoms with E-state index in [0.29, 0.717) is 6.61 Å². The minimum Gasteiger partial charge on any atom is -0.480 e. The van der Waals surface area contributed by atoms with Gasteiger partial charge in [-0.1, -0.05) is 6.92 Å². The lowest BCUT2D eigenvalue weighted by molar-refractivity contribution is -0.134. The molecule has 0 aromatic heterocycles. The van der Waals surface area contributed by atoms with Gasteiger partial charge in [-0.25, -0.2) is 8.42 Å². The molecular weight excluding hydrogens is 234 g/mol. The molecule has 0 amide bonds. The molecular formula is C9H17NO5S. The smallest absolute Gasteiger partial charge is 0.320 e. The number of ether oxygens (including phenoxy) is 1. The highest BCUT2D eigenvalue weighted by Crippen LogP contribution is 2.15. The maximum atomic E-state index is 11.6. The second-order valence-electron chi connectivity index (χ2n) is 3.74. The fraction of sp³-hybridized carbons (Fsp3) is 0.889. The number of carboxylic acids is 1. The second kappa shape index (κ2) is 5.60. The van der Waals surface area contributed by atoms with Gasteiger partial charge < -0.3 is 9.84 Å². The van der Waals surface area contributed by atoms with Crippen LogP contribution in [0.2, 0.25) is 0 Å². The van der Waals surface area contributed by atoms with Crippen molar-refractivity contribution in [1.82, 2.24) is 4.31 Å². The Morgan fingerprint density at radius 2 is 2.25 bits per heavy atom. The topological polar surface area (TPSA) is 83.9 Å². The van der Waals surface area contributed by atoms with Crippen molar-refractivity contribution in [2.45, 2.75) is 25.9 Å². The van der Waals surface area contributed by atoms with Gasteiger partial charge in [0.1, 0.15) is 0 Å². The van der Waals surface area contributed by atoms with Crippen molar-refractivity contribution in [1.29, 1.82) is 0 Å². The van der Waals surface area contributed by atoms with Crippen LogP contribution in [0, 0.1) is 0 Å². The first kappa shape index (κ1) is 13.4. The molecule has 1 rings (SSSR count). The van der Waals surface area contributed by atoms with Gasteiger partial charge >= 0.3 is 5.97 Å². The van der Waals surface area contributed by atoms with E-state index in [2.05, 4.69) is 0 Å². The summed E-state index contributed by atoms with van der Waals surface area (Å²) in [5.41, 5.74) is 0. The van der Waals surface area contributed by atoms with E-state index in [1.165, 1.54) is 4.31 Å². The first-order chi connectivity index (χ1) is 7.45. The number of hydrogen-bond donors (Lipinski definition) is 1. The predicted octanol–water partition coefficient (Wildman–Crippen LogP) is -0.0983. The number of carboxylic acid groups (broad SMARTS) is 1. The van der Waals surface area contributed by atoms with E-state index in [0.717, 1.165) is 12.8 Å². The number of aliphatic carboxylic acids is 1. The molecule has 1 fully saturated rings. The minimum absolute atomic E-state index is 0.0940. The monoisotopic (exact) mass is 251 g/mol. The number of sulfonamides is 1. The van der Waals surface area contributed by atoms with Crippen molar-refractivity contribution >= 4 is 16.0 Å². The van der Waals surface area contributed by atoms with Gasteiger partial charge in [-0.2, -0.15) is 4.31 Å². The third-order valence-corrected chi connectivity index (χ3v) is 4.29. The van der Waals surface area contributed by atoms with Gasteiger partial charge in [0.25, 0.3) is 0 Å². The number of carbonyl (C=O) groups is 1. The van der Waals surface area contributed by atoms with Crippen molar-refractivity contribution in [3.8, 4) is 0 Å². The minimum atomic E-state index is -3.71. The van der Waals surface area contributed by atoms with E-state index in [9.17, 15) is 13.2 Å². The summed E-state index contributed by atoms with van der Waals surface area (Å²) < 4.78 is 29.8. The molecule has 16 heavy (non-hydrogen) atoms. The van der Waals surface area contributed by atoms with Crippen molar-refractivity contribution in [2.24, 2.45) is 0 Å². The van der Waals surface area contributed by atoms with Gasteiger partial charge in [0.2, 0.25) is 10.0 Å². The van der Waals surface area contributed by atoms with Crippen LogP contribution in [0.5, 0.6) is 0 Å². The Hall–Kier alpha value is -0.660. The molecule has 1 aliphatic heterocycles. The average molecular weight is 251 g/mol. The molecule has 1 saturated heterocycles. The van der Waals surface area contributed by atoms with E-state index in [1.54, 1.807) is 6.92 Å². The zero-order valence-electron chi connectivity index (χ0n) is 9.26. The highest BCUT2D eigenvalue weighted by Gasteiger charge is 2.28. The molecule has 0 saturated carbocycles. The lowest BCUT2D eigenvalue weighted by Gasteiger charge is -2.22. The van der Waals surface area contributed by atoms with Gasteiger partial charge in [-0.15, -0.1) is 0 Å². The summed E-state index contributed by atoms with van der Waals surface area (Å²) in [5, 5.41) is 8.52. The van der Waals surface area contributed by atoms with Crippen LogP contribution in [0.15, 0.2) is 0 Å². The van der Waals surface area contributed by atoms with Crippen LogP contribution in [0.25, 0.3) is 0 Å². The maximum Gasteiger partial charge on any atom is 0.320 e. The molecule has 0 bridgehead atoms. The number of rotatable bonds is 6. The normalized spacial score (nSPS) is 21.5. The summed E-state index contributed by atoms with van der Waals surface area (Å²) in [6, 6.07) is 0. The van der Waals surface area contributed by atoms with Gasteiger partial charge in [0.15, 0.2) is 5.75 Å². The van der Waals surface area contributed by atoms with Gasteiger partial charge in [-0.05, 0) is 12.8 Å². The van der Waals surface area contributed by atoms with Crippen molar-refractivity contribution < 1.29 is 23.1 Å². The Morgan fingerprint density at radius 3 is 2.69 bits per heavy atom. The molecule has 0 aliphatic carbocycles. The fourth-order valence-corrected chi connectivity index (χ4v) is 2.98. The van der Waals surface area contributed by atoms with Gasteiger partial charge in [0, 0.05) is 19.7 Å². The first-order valence-corrected chi connectivity index (χ1v) is 6.88. The van der Waals surface area contributed by atoms with Crippen LogP contribution in [0.3, 0.4) is 0 Å². The van der Waals surface area contributed by atoms with Crippen LogP contribution < -0.4 is 0 Å². The average Bonchev–Trinajstić information content (AvgIpc) is 2.63. The van der Waals surface area contributed by atoms with Crippen LogP contribution in [-0.4, -0.2) is 55.4 Å². The molecule has 0 radical (unpaired) electrons. The lowest BCUT2D eigenvalue weighted by atomic mass is 10.2. The lowest BCUT2D eigenvalue weighted by Crippen LogP contribution is -2.40. The summed E-state index contributed by atoms with van der Waals surface area (Å²) >= 11 is 0. The van der Waals surface area contributed by atoms with Crippen molar-refractivity contribution in [2.75, 3.05) is 25.4 Å². The summed E-state index contributed by atoms with van der Waals surface area (Å²) in [4.78, 5) is 10.4. The van der Waals surface area contributed by atoms with Gasteiger partial charge in [-0.3, -0.25) is 4.79 Å². The Labute approximate surface area is 95.2 Å². The SMILES string of the molecule is CCN(CC1CCCO1)S(=O)(=O)CC(=O)O. The largest absolute Gasteiger partial charge is 0.480 e. The standard InChI is InChI=1S/C9H17NO5S/c1-2-10(6-8-4-3-5-15-8)16(13,14)7-9(11)12/h8H,2-7H2,1H3,(H,11,12). The van der Waals surface area contributed by atoms with Crippen molar-refractivity contribution in [3.05, 3.63) is 0 Å². The van der Waals surface area contributed by atoms with Crippen LogP contribution in [0.1, 0.15) is 19.8 Å². The quantitative estimate of drug-likeness (QED) is 0.712. The van der Waals surface area contributed by atoms with Crippen molar-refractivity contribution in [3.63, 3.8) is 0 Å². The highest BCUT2D eigenvalue weighted by atomic mass is 32.2. The Balaban J connectivity index is 2.61. The first-order valence-electron chi connectivity index (χ1n) is 5.27. The van der Waals surface area contributed by atoms with Gasteiger partial charge in [0.05, 0.1) is 6.10 Å². The zero-order chi connectivity index (χ0) is 12.2. The summed E-state index contributed by atoms with van der Waals surface area (Å²) in [6.07, 6.45) is 1.67.